The zero-order chi connectivity index (χ0) is 19.9. The van der Waals surface area contributed by atoms with Crippen LogP contribution in [-0.2, 0) is 11.2 Å². The first-order valence-electron chi connectivity index (χ1n) is 9.62. The lowest BCUT2D eigenvalue weighted by atomic mass is 10.0. The lowest BCUT2D eigenvalue weighted by Crippen LogP contribution is -2.50. The van der Waals surface area contributed by atoms with Crippen molar-refractivity contribution in [3.63, 3.8) is 0 Å². The molecule has 1 saturated heterocycles. The Bertz CT molecular complexity index is 747. The van der Waals surface area contributed by atoms with Gasteiger partial charge in [0.2, 0.25) is 0 Å². The average molecular weight is 421 g/mol. The van der Waals surface area contributed by atoms with Crippen LogP contribution >= 0.6 is 12.4 Å². The second-order valence-corrected chi connectivity index (χ2v) is 7.17. The third-order valence-corrected chi connectivity index (χ3v) is 5.25. The molecule has 2 aromatic rings. The van der Waals surface area contributed by atoms with E-state index < -0.39 is 18.3 Å². The fourth-order valence-electron chi connectivity index (χ4n) is 3.67. The Morgan fingerprint density at radius 2 is 1.69 bits per heavy atom. The van der Waals surface area contributed by atoms with Crippen LogP contribution in [0, 0.1) is 0 Å². The van der Waals surface area contributed by atoms with Crippen molar-refractivity contribution in [1.29, 1.82) is 0 Å². The van der Waals surface area contributed by atoms with Gasteiger partial charge in [0.15, 0.2) is 0 Å². The first-order valence-corrected chi connectivity index (χ1v) is 9.62. The summed E-state index contributed by atoms with van der Waals surface area (Å²) in [6, 6.07) is 18.8. The highest BCUT2D eigenvalue weighted by Crippen LogP contribution is 2.25. The Morgan fingerprint density at radius 1 is 1.07 bits per heavy atom. The van der Waals surface area contributed by atoms with E-state index in [1.165, 1.54) is 5.56 Å². The largest absolute Gasteiger partial charge is 0.394 e. The number of carbonyl (C=O) groups is 1. The number of hydrogen-bond acceptors (Lipinski definition) is 5. The van der Waals surface area contributed by atoms with Crippen LogP contribution in [0.25, 0.3) is 0 Å². The molecule has 3 N–H and O–H groups in total. The van der Waals surface area contributed by atoms with Crippen LogP contribution in [0.1, 0.15) is 15.9 Å². The molecular weight excluding hydrogens is 392 g/mol. The molecule has 2 aromatic carbocycles. The van der Waals surface area contributed by atoms with Crippen LogP contribution in [0.4, 0.5) is 0 Å². The Morgan fingerprint density at radius 3 is 2.31 bits per heavy atom. The van der Waals surface area contributed by atoms with E-state index in [9.17, 15) is 15.0 Å². The van der Waals surface area contributed by atoms with Crippen molar-refractivity contribution in [2.75, 3.05) is 26.7 Å². The number of halogens is 1. The Labute approximate surface area is 177 Å². The van der Waals surface area contributed by atoms with Crippen LogP contribution in [0.3, 0.4) is 0 Å². The number of benzene rings is 2. The smallest absolute Gasteiger partial charge is 0.251 e. The number of amides is 1. The molecule has 29 heavy (non-hydrogen) atoms. The first kappa shape index (κ1) is 23.3. The number of aliphatic hydroxyl groups excluding tert-OH is 2. The highest BCUT2D eigenvalue weighted by Gasteiger charge is 2.45. The average Bonchev–Trinajstić information content (AvgIpc) is 3.07. The van der Waals surface area contributed by atoms with E-state index in [-0.39, 0.29) is 37.5 Å². The second kappa shape index (κ2) is 11.3. The minimum atomic E-state index is -0.815. The van der Waals surface area contributed by atoms with Crippen LogP contribution in [0.15, 0.2) is 60.7 Å². The summed E-state index contributed by atoms with van der Waals surface area (Å²) < 4.78 is 5.84. The molecule has 0 aromatic heterocycles. The summed E-state index contributed by atoms with van der Waals surface area (Å²) in [5.74, 6) is -0.183. The van der Waals surface area contributed by atoms with Gasteiger partial charge in [-0.3, -0.25) is 9.69 Å². The molecule has 7 heteroatoms. The summed E-state index contributed by atoms with van der Waals surface area (Å²) in [5, 5.41) is 23.0. The summed E-state index contributed by atoms with van der Waals surface area (Å²) in [6.07, 6.45) is -1.03. The molecule has 6 nitrogen and oxygen atoms in total. The molecule has 0 spiro atoms. The molecule has 1 aliphatic rings. The highest BCUT2D eigenvalue weighted by atomic mass is 35.5. The molecule has 0 aliphatic carbocycles. The zero-order valence-corrected chi connectivity index (χ0v) is 17.3. The molecule has 1 amide bonds. The topological polar surface area (TPSA) is 82.0 Å². The molecule has 4 atom stereocenters. The van der Waals surface area contributed by atoms with Crippen molar-refractivity contribution in [3.05, 3.63) is 71.8 Å². The van der Waals surface area contributed by atoms with Crippen molar-refractivity contribution in [1.82, 2.24) is 10.2 Å². The van der Waals surface area contributed by atoms with Gasteiger partial charge in [-0.2, -0.15) is 0 Å². The first-order chi connectivity index (χ1) is 13.6. The molecule has 1 heterocycles. The quantitative estimate of drug-likeness (QED) is 0.603. The van der Waals surface area contributed by atoms with Crippen LogP contribution in [0.5, 0.6) is 0 Å². The molecule has 0 radical (unpaired) electrons. The molecule has 158 valence electrons. The van der Waals surface area contributed by atoms with Gasteiger partial charge in [0.05, 0.1) is 18.8 Å². The minimum Gasteiger partial charge on any atom is -0.394 e. The third-order valence-electron chi connectivity index (χ3n) is 5.25. The van der Waals surface area contributed by atoms with E-state index >= 15 is 0 Å². The van der Waals surface area contributed by atoms with Crippen LogP contribution < -0.4 is 5.32 Å². The van der Waals surface area contributed by atoms with Crippen molar-refractivity contribution < 1.29 is 19.7 Å². The summed E-state index contributed by atoms with van der Waals surface area (Å²) in [6.45, 7) is 0.741. The van der Waals surface area contributed by atoms with Gasteiger partial charge in [-0.15, -0.1) is 12.4 Å². The van der Waals surface area contributed by atoms with Gasteiger partial charge in [0.1, 0.15) is 12.2 Å². The molecular formula is C22H29ClN2O4. The summed E-state index contributed by atoms with van der Waals surface area (Å²) >= 11 is 0. The Hall–Kier alpha value is -1.96. The third kappa shape index (κ3) is 6.01. The predicted octanol–water partition coefficient (Wildman–Crippen LogP) is 1.50. The van der Waals surface area contributed by atoms with Crippen LogP contribution in [-0.4, -0.2) is 72.1 Å². The minimum absolute atomic E-state index is 0. The van der Waals surface area contributed by atoms with Crippen LogP contribution in [0.2, 0.25) is 0 Å². The Kier molecular flexibility index (Phi) is 9.07. The highest BCUT2D eigenvalue weighted by molar-refractivity contribution is 5.94. The fourth-order valence-corrected chi connectivity index (χ4v) is 3.67. The van der Waals surface area contributed by atoms with E-state index in [2.05, 4.69) is 17.4 Å². The Balaban J connectivity index is 0.00000300. The maximum atomic E-state index is 12.3. The number of aliphatic hydroxyl groups is 2. The molecule has 1 fully saturated rings. The maximum absolute atomic E-state index is 12.3. The number of hydrogen-bond donors (Lipinski definition) is 3. The van der Waals surface area contributed by atoms with Gasteiger partial charge in [-0.05, 0) is 31.2 Å². The summed E-state index contributed by atoms with van der Waals surface area (Å²) in [7, 11) is 1.94. The molecule has 1 aliphatic heterocycles. The lowest BCUT2D eigenvalue weighted by Gasteiger charge is -2.30. The lowest BCUT2D eigenvalue weighted by molar-refractivity contribution is -0.0209. The number of likely N-dealkylation sites (N-methyl/N-ethyl adjacent to an activating group) is 1. The molecule has 3 rings (SSSR count). The SMILES string of the molecule is CN(CCc1ccccc1)[C@@H]1[C@H](O)[C@H](CO)O[C@@H]1CNC(=O)c1ccccc1.Cl. The van der Waals surface area contributed by atoms with E-state index in [0.29, 0.717) is 5.56 Å². The van der Waals surface area contributed by atoms with Crippen molar-refractivity contribution in [2.24, 2.45) is 0 Å². The second-order valence-electron chi connectivity index (χ2n) is 7.17. The zero-order valence-electron chi connectivity index (χ0n) is 16.5. The van der Waals surface area contributed by atoms with Crippen molar-refractivity contribution >= 4 is 18.3 Å². The van der Waals surface area contributed by atoms with E-state index in [4.69, 9.17) is 4.74 Å². The fraction of sp³-hybridized carbons (Fsp3) is 0.409. The van der Waals surface area contributed by atoms with E-state index in [0.717, 1.165) is 13.0 Å². The molecule has 0 unspecified atom stereocenters. The van der Waals surface area contributed by atoms with Gasteiger partial charge in [0.25, 0.3) is 5.91 Å². The van der Waals surface area contributed by atoms with E-state index in [1.54, 1.807) is 12.1 Å². The molecule has 0 saturated carbocycles. The van der Waals surface area contributed by atoms with Crippen molar-refractivity contribution in [3.8, 4) is 0 Å². The van der Waals surface area contributed by atoms with Gasteiger partial charge in [0, 0.05) is 18.7 Å². The number of rotatable bonds is 8. The number of nitrogens with one attached hydrogen (secondary N) is 1. The van der Waals surface area contributed by atoms with Gasteiger partial charge in [-0.1, -0.05) is 48.5 Å². The van der Waals surface area contributed by atoms with Gasteiger partial charge in [-0.25, -0.2) is 0 Å². The normalized spacial score (nSPS) is 23.6. The van der Waals surface area contributed by atoms with Gasteiger partial charge >= 0.3 is 0 Å². The summed E-state index contributed by atoms with van der Waals surface area (Å²) in [4.78, 5) is 14.4. The molecule has 0 bridgehead atoms. The predicted molar refractivity (Wildman–Crippen MR) is 114 cm³/mol. The standard InChI is InChI=1S/C22H28N2O4.ClH/c1-24(13-12-16-8-4-2-5-9-16)20-18(28-19(15-25)21(20)26)14-23-22(27)17-10-6-3-7-11-17;/h2-11,18-21,25-26H,12-15H2,1H3,(H,23,27);1H/t18-,19+,20+,21-;/m1./s1. The van der Waals surface area contributed by atoms with E-state index in [1.807, 2.05) is 48.3 Å². The monoisotopic (exact) mass is 420 g/mol. The maximum Gasteiger partial charge on any atom is 0.251 e. The number of nitrogens with zero attached hydrogens (tertiary/aromatic N) is 1. The summed E-state index contributed by atoms with van der Waals surface area (Å²) in [5.41, 5.74) is 1.80. The number of carbonyl (C=O) groups excluding carboxylic acids is 1. The van der Waals surface area contributed by atoms with Crippen molar-refractivity contribution in [2.45, 2.75) is 30.8 Å². The number of ether oxygens (including phenoxy) is 1. The van der Waals surface area contributed by atoms with Gasteiger partial charge < -0.3 is 20.3 Å².